The third-order valence-corrected chi connectivity index (χ3v) is 5.71. The van der Waals surface area contributed by atoms with Crippen LogP contribution < -0.4 is 16.0 Å². The van der Waals surface area contributed by atoms with E-state index in [1.165, 1.54) is 4.90 Å². The molecule has 1 aromatic carbocycles. The number of hydrogen-bond acceptors (Lipinski definition) is 4. The molecule has 0 aliphatic heterocycles. The fourth-order valence-electron chi connectivity index (χ4n) is 3.89. The van der Waals surface area contributed by atoms with Gasteiger partial charge in [-0.15, -0.1) is 0 Å². The maximum atomic E-state index is 13.4. The van der Waals surface area contributed by atoms with Gasteiger partial charge >= 0.3 is 0 Å². The highest BCUT2D eigenvalue weighted by Gasteiger charge is 2.36. The van der Waals surface area contributed by atoms with Crippen molar-refractivity contribution in [2.45, 2.75) is 66.1 Å². The predicted octanol–water partition coefficient (Wildman–Crippen LogP) is 2.21. The van der Waals surface area contributed by atoms with Gasteiger partial charge in [0.25, 0.3) is 0 Å². The molecule has 7 heteroatoms. The van der Waals surface area contributed by atoms with Crippen molar-refractivity contribution in [3.63, 3.8) is 0 Å². The number of carbonyl (C=O) groups excluding carboxylic acids is 3. The Morgan fingerprint density at radius 2 is 1.41 bits per heavy atom. The molecule has 3 N–H and O–H groups in total. The molecule has 0 bridgehead atoms. The summed E-state index contributed by atoms with van der Waals surface area (Å²) >= 11 is 0. The molecule has 1 aromatic rings. The fraction of sp³-hybridized carbons (Fsp3) is 0.640. The first-order valence-electron chi connectivity index (χ1n) is 11.6. The minimum absolute atomic E-state index is 0.0788. The Bertz CT molecular complexity index is 734. The minimum Gasteiger partial charge on any atom is -0.354 e. The lowest BCUT2D eigenvalue weighted by molar-refractivity contribution is -0.144. The van der Waals surface area contributed by atoms with E-state index in [2.05, 4.69) is 16.0 Å². The zero-order valence-electron chi connectivity index (χ0n) is 20.9. The minimum atomic E-state index is -0.708. The van der Waals surface area contributed by atoms with E-state index >= 15 is 0 Å². The van der Waals surface area contributed by atoms with Crippen LogP contribution in [0.25, 0.3) is 0 Å². The van der Waals surface area contributed by atoms with Crippen molar-refractivity contribution in [2.24, 2.45) is 17.8 Å². The number of nitrogens with one attached hydrogen (secondary N) is 3. The summed E-state index contributed by atoms with van der Waals surface area (Å²) in [6.45, 7) is 12.0. The molecule has 0 unspecified atom stereocenters. The van der Waals surface area contributed by atoms with Gasteiger partial charge in [0.05, 0.1) is 6.04 Å². The first-order chi connectivity index (χ1) is 15.0. The Balaban J connectivity index is 2.88. The van der Waals surface area contributed by atoms with Crippen LogP contribution in [-0.2, 0) is 20.8 Å². The summed E-state index contributed by atoms with van der Waals surface area (Å²) in [4.78, 5) is 40.6. The lowest BCUT2D eigenvalue weighted by Crippen LogP contribution is -2.59. The van der Waals surface area contributed by atoms with Crippen LogP contribution in [0.2, 0.25) is 0 Å². The SMILES string of the molecule is CN[C@H](C(=O)N[C@H](C(=O)N(C)[C@H](C(=O)NCCc1ccccc1)C(C)C)C(C)C)C(C)C. The fourth-order valence-corrected chi connectivity index (χ4v) is 3.89. The molecule has 0 spiro atoms. The van der Waals surface area contributed by atoms with E-state index in [0.29, 0.717) is 6.54 Å². The highest BCUT2D eigenvalue weighted by Crippen LogP contribution is 2.15. The molecule has 0 fully saturated rings. The van der Waals surface area contributed by atoms with E-state index in [-0.39, 0.29) is 35.5 Å². The number of rotatable bonds is 12. The van der Waals surface area contributed by atoms with Crippen molar-refractivity contribution < 1.29 is 14.4 Å². The maximum Gasteiger partial charge on any atom is 0.245 e. The van der Waals surface area contributed by atoms with Gasteiger partial charge in [-0.3, -0.25) is 14.4 Å². The second-order valence-corrected chi connectivity index (χ2v) is 9.41. The van der Waals surface area contributed by atoms with E-state index in [1.54, 1.807) is 14.1 Å². The summed E-state index contributed by atoms with van der Waals surface area (Å²) in [5.74, 6) is -0.770. The number of amides is 3. The molecule has 3 atom stereocenters. The van der Waals surface area contributed by atoms with Crippen LogP contribution in [0.5, 0.6) is 0 Å². The summed E-state index contributed by atoms with van der Waals surface area (Å²) in [5, 5.41) is 8.88. The van der Waals surface area contributed by atoms with Crippen molar-refractivity contribution in [1.29, 1.82) is 0 Å². The number of carbonyl (C=O) groups is 3. The molecule has 32 heavy (non-hydrogen) atoms. The van der Waals surface area contributed by atoms with Crippen LogP contribution in [-0.4, -0.2) is 61.4 Å². The monoisotopic (exact) mass is 446 g/mol. The highest BCUT2D eigenvalue weighted by atomic mass is 16.2. The van der Waals surface area contributed by atoms with Crippen molar-refractivity contribution in [1.82, 2.24) is 20.9 Å². The largest absolute Gasteiger partial charge is 0.354 e. The number of hydrogen-bond donors (Lipinski definition) is 3. The normalized spacial score (nSPS) is 14.2. The zero-order valence-corrected chi connectivity index (χ0v) is 20.9. The molecule has 7 nitrogen and oxygen atoms in total. The van der Waals surface area contributed by atoms with Gasteiger partial charge in [0.15, 0.2) is 0 Å². The Labute approximate surface area is 193 Å². The second-order valence-electron chi connectivity index (χ2n) is 9.41. The molecular formula is C25H42N4O3. The van der Waals surface area contributed by atoms with Gasteiger partial charge in [0.1, 0.15) is 12.1 Å². The van der Waals surface area contributed by atoms with Crippen molar-refractivity contribution >= 4 is 17.7 Å². The van der Waals surface area contributed by atoms with Crippen LogP contribution in [0.1, 0.15) is 47.1 Å². The van der Waals surface area contributed by atoms with Crippen LogP contribution in [0.3, 0.4) is 0 Å². The molecule has 0 saturated carbocycles. The standard InChI is InChI=1S/C25H42N4O3/c1-16(2)20(26-7)23(30)28-21(17(3)4)25(32)29(8)22(18(5)6)24(31)27-15-14-19-12-10-9-11-13-19/h9-13,16-18,20-22,26H,14-15H2,1-8H3,(H,27,31)(H,28,30)/t20-,21-,22-/m0/s1. The Morgan fingerprint density at radius 1 is 0.844 bits per heavy atom. The Kier molecular flexibility index (Phi) is 11.4. The molecule has 180 valence electrons. The smallest absolute Gasteiger partial charge is 0.245 e. The van der Waals surface area contributed by atoms with Gasteiger partial charge in [0.2, 0.25) is 17.7 Å². The number of benzene rings is 1. The van der Waals surface area contributed by atoms with Gasteiger partial charge in [-0.25, -0.2) is 0 Å². The van der Waals surface area contributed by atoms with Gasteiger partial charge in [-0.1, -0.05) is 71.9 Å². The van der Waals surface area contributed by atoms with E-state index in [4.69, 9.17) is 0 Å². The van der Waals surface area contributed by atoms with Crippen molar-refractivity contribution in [3.05, 3.63) is 35.9 Å². The molecule has 0 saturated heterocycles. The van der Waals surface area contributed by atoms with Crippen LogP contribution >= 0.6 is 0 Å². The lowest BCUT2D eigenvalue weighted by atomic mass is 9.96. The summed E-state index contributed by atoms with van der Waals surface area (Å²) in [7, 11) is 3.38. The summed E-state index contributed by atoms with van der Waals surface area (Å²) in [6, 6.07) is 8.22. The average Bonchev–Trinajstić information content (AvgIpc) is 2.72. The first kappa shape index (κ1) is 27.6. The first-order valence-corrected chi connectivity index (χ1v) is 11.6. The summed E-state index contributed by atoms with van der Waals surface area (Å²) < 4.78 is 0. The molecule has 0 radical (unpaired) electrons. The van der Waals surface area contributed by atoms with Gasteiger partial charge < -0.3 is 20.9 Å². The molecule has 3 amide bonds. The second kappa shape index (κ2) is 13.2. The molecule has 0 aromatic heterocycles. The molecule has 1 rings (SSSR count). The summed E-state index contributed by atoms with van der Waals surface area (Å²) in [6.07, 6.45) is 0.723. The molecule has 0 aliphatic carbocycles. The zero-order chi connectivity index (χ0) is 24.4. The number of likely N-dealkylation sites (N-methyl/N-ethyl adjacent to an activating group) is 2. The van der Waals surface area contributed by atoms with E-state index < -0.39 is 18.1 Å². The van der Waals surface area contributed by atoms with Gasteiger partial charge in [-0.05, 0) is 36.8 Å². The third kappa shape index (κ3) is 7.93. The van der Waals surface area contributed by atoms with E-state index in [1.807, 2.05) is 71.9 Å². The number of nitrogens with zero attached hydrogens (tertiary/aromatic N) is 1. The molecule has 0 heterocycles. The van der Waals surface area contributed by atoms with Crippen molar-refractivity contribution in [2.75, 3.05) is 20.6 Å². The van der Waals surface area contributed by atoms with E-state index in [0.717, 1.165) is 12.0 Å². The topological polar surface area (TPSA) is 90.5 Å². The van der Waals surface area contributed by atoms with Crippen LogP contribution in [0, 0.1) is 17.8 Å². The predicted molar refractivity (Wildman–Crippen MR) is 129 cm³/mol. The van der Waals surface area contributed by atoms with Gasteiger partial charge in [0, 0.05) is 13.6 Å². The van der Waals surface area contributed by atoms with E-state index in [9.17, 15) is 14.4 Å². The van der Waals surface area contributed by atoms with Crippen LogP contribution in [0.15, 0.2) is 30.3 Å². The highest BCUT2D eigenvalue weighted by molar-refractivity contribution is 5.93. The van der Waals surface area contributed by atoms with Crippen LogP contribution in [0.4, 0.5) is 0 Å². The third-order valence-electron chi connectivity index (χ3n) is 5.71. The quantitative estimate of drug-likeness (QED) is 0.459. The molecular weight excluding hydrogens is 404 g/mol. The maximum absolute atomic E-state index is 13.4. The Hall–Kier alpha value is -2.41. The van der Waals surface area contributed by atoms with Gasteiger partial charge in [-0.2, -0.15) is 0 Å². The average molecular weight is 447 g/mol. The molecule has 0 aliphatic rings. The lowest BCUT2D eigenvalue weighted by Gasteiger charge is -2.35. The Morgan fingerprint density at radius 3 is 1.88 bits per heavy atom. The van der Waals surface area contributed by atoms with Crippen molar-refractivity contribution in [3.8, 4) is 0 Å². The summed E-state index contributed by atoms with van der Waals surface area (Å²) in [5.41, 5.74) is 1.14.